The largest absolute Gasteiger partial charge is 0.507 e. The quantitative estimate of drug-likeness (QED) is 0.911. The summed E-state index contributed by atoms with van der Waals surface area (Å²) in [4.78, 5) is 16.9. The van der Waals surface area contributed by atoms with Crippen molar-refractivity contribution in [3.05, 3.63) is 64.7 Å². The highest BCUT2D eigenvalue weighted by atomic mass is 16.3. The third-order valence-corrected chi connectivity index (χ3v) is 5.09. The van der Waals surface area contributed by atoms with Gasteiger partial charge in [0.2, 0.25) is 0 Å². The molecule has 2 aromatic carbocycles. The molecule has 4 heteroatoms. The molecular formula is C22H28N2O2. The average molecular weight is 352 g/mol. The van der Waals surface area contributed by atoms with Gasteiger partial charge in [-0.2, -0.15) is 0 Å². The predicted octanol–water partition coefficient (Wildman–Crippen LogP) is 3.78. The summed E-state index contributed by atoms with van der Waals surface area (Å²) in [6.45, 7) is 10.3. The van der Waals surface area contributed by atoms with Crippen LogP contribution in [0.3, 0.4) is 0 Å². The fourth-order valence-electron chi connectivity index (χ4n) is 3.37. The number of aryl methyl sites for hydroxylation is 1. The van der Waals surface area contributed by atoms with E-state index in [0.29, 0.717) is 24.6 Å². The van der Waals surface area contributed by atoms with Crippen LogP contribution in [0.5, 0.6) is 5.75 Å². The van der Waals surface area contributed by atoms with Gasteiger partial charge in [-0.1, -0.05) is 49.7 Å². The molecule has 3 rings (SSSR count). The second-order valence-electron chi connectivity index (χ2n) is 7.49. The summed E-state index contributed by atoms with van der Waals surface area (Å²) >= 11 is 0. The number of benzene rings is 2. The number of carbonyl (C=O) groups is 1. The highest BCUT2D eigenvalue weighted by Gasteiger charge is 2.24. The molecular weight excluding hydrogens is 324 g/mol. The molecule has 0 bridgehead atoms. The molecule has 1 N–H and O–H groups in total. The van der Waals surface area contributed by atoms with Crippen molar-refractivity contribution < 1.29 is 9.90 Å². The highest BCUT2D eigenvalue weighted by molar-refractivity contribution is 5.97. The first-order chi connectivity index (χ1) is 12.4. The van der Waals surface area contributed by atoms with E-state index in [9.17, 15) is 9.90 Å². The molecule has 1 aliphatic rings. The standard InChI is InChI=1S/C22H28N2O2/c1-16(2)19-7-5-18(6-8-19)15-23-10-12-24(13-11-23)22(26)20-14-17(3)4-9-21(20)25/h4-9,14,16,25H,10-13,15H2,1-3H3. The topological polar surface area (TPSA) is 43.8 Å². The predicted molar refractivity (Wildman–Crippen MR) is 105 cm³/mol. The number of phenols is 1. The molecule has 0 atom stereocenters. The highest BCUT2D eigenvalue weighted by Crippen LogP contribution is 2.21. The summed E-state index contributed by atoms with van der Waals surface area (Å²) in [7, 11) is 0. The van der Waals surface area contributed by atoms with Crippen LogP contribution in [0.2, 0.25) is 0 Å². The van der Waals surface area contributed by atoms with Gasteiger partial charge < -0.3 is 10.0 Å². The first-order valence-electron chi connectivity index (χ1n) is 9.34. The first-order valence-corrected chi connectivity index (χ1v) is 9.34. The first kappa shape index (κ1) is 18.5. The average Bonchev–Trinajstić information content (AvgIpc) is 2.64. The van der Waals surface area contributed by atoms with Crippen molar-refractivity contribution in [3.63, 3.8) is 0 Å². The van der Waals surface area contributed by atoms with Crippen molar-refractivity contribution >= 4 is 5.91 Å². The Kier molecular flexibility index (Phi) is 5.62. The van der Waals surface area contributed by atoms with Gasteiger partial charge in [0.25, 0.3) is 5.91 Å². The van der Waals surface area contributed by atoms with Gasteiger partial charge in [0, 0.05) is 32.7 Å². The van der Waals surface area contributed by atoms with E-state index in [0.717, 1.165) is 25.2 Å². The molecule has 0 unspecified atom stereocenters. The molecule has 1 fully saturated rings. The fourth-order valence-corrected chi connectivity index (χ4v) is 3.37. The van der Waals surface area contributed by atoms with E-state index in [2.05, 4.69) is 43.0 Å². The van der Waals surface area contributed by atoms with Crippen molar-refractivity contribution in [2.75, 3.05) is 26.2 Å². The van der Waals surface area contributed by atoms with Crippen LogP contribution in [-0.4, -0.2) is 47.0 Å². The summed E-state index contributed by atoms with van der Waals surface area (Å²) in [6.07, 6.45) is 0. The minimum absolute atomic E-state index is 0.0632. The molecule has 0 radical (unpaired) electrons. The van der Waals surface area contributed by atoms with Crippen LogP contribution in [0.4, 0.5) is 0 Å². The summed E-state index contributed by atoms with van der Waals surface area (Å²) in [5.74, 6) is 0.539. The zero-order valence-electron chi connectivity index (χ0n) is 15.9. The normalized spacial score (nSPS) is 15.5. The van der Waals surface area contributed by atoms with E-state index < -0.39 is 0 Å². The van der Waals surface area contributed by atoms with Gasteiger partial charge in [-0.25, -0.2) is 0 Å². The Morgan fingerprint density at radius 3 is 2.31 bits per heavy atom. The molecule has 0 spiro atoms. The minimum Gasteiger partial charge on any atom is -0.507 e. The lowest BCUT2D eigenvalue weighted by atomic mass is 10.0. The van der Waals surface area contributed by atoms with Gasteiger partial charge in [0.1, 0.15) is 5.75 Å². The van der Waals surface area contributed by atoms with Gasteiger partial charge >= 0.3 is 0 Å². The van der Waals surface area contributed by atoms with Gasteiger partial charge in [-0.3, -0.25) is 9.69 Å². The van der Waals surface area contributed by atoms with Crippen LogP contribution >= 0.6 is 0 Å². The maximum atomic E-state index is 12.7. The third kappa shape index (κ3) is 4.25. The number of rotatable bonds is 4. The Hall–Kier alpha value is -2.33. The second-order valence-corrected chi connectivity index (χ2v) is 7.49. The Morgan fingerprint density at radius 2 is 1.69 bits per heavy atom. The lowest BCUT2D eigenvalue weighted by Gasteiger charge is -2.35. The molecule has 2 aromatic rings. The van der Waals surface area contributed by atoms with Gasteiger partial charge in [-0.05, 0) is 36.1 Å². The number of hydrogen-bond donors (Lipinski definition) is 1. The summed E-state index contributed by atoms with van der Waals surface area (Å²) < 4.78 is 0. The molecule has 0 aromatic heterocycles. The number of carbonyl (C=O) groups excluding carboxylic acids is 1. The molecule has 138 valence electrons. The Bertz CT molecular complexity index is 760. The number of piperazine rings is 1. The number of aromatic hydroxyl groups is 1. The lowest BCUT2D eigenvalue weighted by Crippen LogP contribution is -2.48. The number of hydrogen-bond acceptors (Lipinski definition) is 3. The van der Waals surface area contributed by atoms with Crippen LogP contribution in [0.15, 0.2) is 42.5 Å². The molecule has 0 saturated carbocycles. The maximum Gasteiger partial charge on any atom is 0.257 e. The van der Waals surface area contributed by atoms with E-state index in [-0.39, 0.29) is 11.7 Å². The molecule has 1 amide bonds. The smallest absolute Gasteiger partial charge is 0.257 e. The number of nitrogens with zero attached hydrogens (tertiary/aromatic N) is 2. The molecule has 1 heterocycles. The molecule has 0 aliphatic carbocycles. The van der Waals surface area contributed by atoms with Crippen molar-refractivity contribution in [1.82, 2.24) is 9.80 Å². The van der Waals surface area contributed by atoms with Crippen LogP contribution in [-0.2, 0) is 6.54 Å². The lowest BCUT2D eigenvalue weighted by molar-refractivity contribution is 0.0625. The van der Waals surface area contributed by atoms with E-state index in [4.69, 9.17) is 0 Å². The number of amides is 1. The van der Waals surface area contributed by atoms with Crippen LogP contribution in [0.1, 0.15) is 46.8 Å². The second kappa shape index (κ2) is 7.92. The zero-order chi connectivity index (χ0) is 18.7. The van der Waals surface area contributed by atoms with Crippen LogP contribution in [0, 0.1) is 6.92 Å². The Labute approximate surface area is 156 Å². The molecule has 1 saturated heterocycles. The molecule has 4 nitrogen and oxygen atoms in total. The van der Waals surface area contributed by atoms with Crippen LogP contribution < -0.4 is 0 Å². The molecule has 26 heavy (non-hydrogen) atoms. The minimum atomic E-state index is -0.0767. The fraction of sp³-hybridized carbons (Fsp3) is 0.409. The van der Waals surface area contributed by atoms with Crippen molar-refractivity contribution in [2.45, 2.75) is 33.2 Å². The Morgan fingerprint density at radius 1 is 1.04 bits per heavy atom. The van der Waals surface area contributed by atoms with Gasteiger partial charge in [0.05, 0.1) is 5.56 Å². The van der Waals surface area contributed by atoms with Gasteiger partial charge in [-0.15, -0.1) is 0 Å². The van der Waals surface area contributed by atoms with Gasteiger partial charge in [0.15, 0.2) is 0 Å². The summed E-state index contributed by atoms with van der Waals surface area (Å²) in [5, 5.41) is 9.99. The number of phenolic OH excluding ortho intramolecular Hbond substituents is 1. The van der Waals surface area contributed by atoms with E-state index in [1.54, 1.807) is 12.1 Å². The van der Waals surface area contributed by atoms with Crippen molar-refractivity contribution in [2.24, 2.45) is 0 Å². The van der Waals surface area contributed by atoms with Crippen molar-refractivity contribution in [3.8, 4) is 5.75 Å². The van der Waals surface area contributed by atoms with Crippen molar-refractivity contribution in [1.29, 1.82) is 0 Å². The Balaban J connectivity index is 1.57. The van der Waals surface area contributed by atoms with E-state index >= 15 is 0 Å². The SMILES string of the molecule is Cc1ccc(O)c(C(=O)N2CCN(Cc3ccc(C(C)C)cc3)CC2)c1. The van der Waals surface area contributed by atoms with Crippen LogP contribution in [0.25, 0.3) is 0 Å². The monoisotopic (exact) mass is 352 g/mol. The van der Waals surface area contributed by atoms with E-state index in [1.165, 1.54) is 11.1 Å². The third-order valence-electron chi connectivity index (χ3n) is 5.09. The molecule has 1 aliphatic heterocycles. The summed E-state index contributed by atoms with van der Waals surface area (Å²) in [5.41, 5.74) is 4.06. The zero-order valence-corrected chi connectivity index (χ0v) is 15.9. The maximum absolute atomic E-state index is 12.7. The van der Waals surface area contributed by atoms with E-state index in [1.807, 2.05) is 17.9 Å². The summed E-state index contributed by atoms with van der Waals surface area (Å²) in [6, 6.07) is 14.0.